The van der Waals surface area contributed by atoms with Crippen LogP contribution in [-0.4, -0.2) is 48.5 Å². The van der Waals surface area contributed by atoms with Gasteiger partial charge in [-0.15, -0.1) is 11.8 Å². The topological polar surface area (TPSA) is 28.3 Å². The van der Waals surface area contributed by atoms with Gasteiger partial charge in [0.05, 0.1) is 11.1 Å². The molecule has 7 heteroatoms. The molecule has 0 radical (unpaired) electrons. The van der Waals surface area contributed by atoms with Gasteiger partial charge in [-0.25, -0.2) is 0 Å². The number of ether oxygens (including phenoxy) is 1. The third kappa shape index (κ3) is 3.82. The lowest BCUT2D eigenvalue weighted by Gasteiger charge is -2.16. The molecule has 2 heterocycles. The maximum atomic E-state index is 12.3. The predicted molar refractivity (Wildman–Crippen MR) is 90.7 cm³/mol. The van der Waals surface area contributed by atoms with Crippen molar-refractivity contribution in [1.82, 2.24) is 9.88 Å². The average molecular weight is 361 g/mol. The van der Waals surface area contributed by atoms with E-state index in [0.717, 1.165) is 40.3 Å². The minimum absolute atomic E-state index is 0.357. The molecule has 0 spiro atoms. The summed E-state index contributed by atoms with van der Waals surface area (Å²) in [5.41, 5.74) is 2.20. The first-order valence-corrected chi connectivity index (χ1v) is 9.17. The number of hydrogen-bond donors (Lipinski definition) is 1. The van der Waals surface area contributed by atoms with E-state index >= 15 is 0 Å². The van der Waals surface area contributed by atoms with E-state index in [4.69, 9.17) is 11.6 Å². The van der Waals surface area contributed by atoms with Crippen LogP contribution in [0.3, 0.4) is 0 Å². The molecule has 1 aromatic carbocycles. The maximum Gasteiger partial charge on any atom is 0.345 e. The number of alkyl halides is 2. The van der Waals surface area contributed by atoms with Gasteiger partial charge in [0.25, 0.3) is 0 Å². The number of nitrogens with one attached hydrogen (secondary N) is 1. The molecule has 2 aromatic rings. The standard InChI is InChI=1S/C16H19ClF2N2OS/c1-23-13-3-2-12-14(15(13)17)10(8-20-12)4-6-21-7-5-11(9-21)22-16(18)19/h2-3,8,11,16,20H,4-7,9H2,1H3/t11-/m0/s1. The van der Waals surface area contributed by atoms with Gasteiger partial charge in [0.15, 0.2) is 0 Å². The minimum atomic E-state index is -2.68. The zero-order valence-electron chi connectivity index (χ0n) is 12.8. The molecule has 1 N–H and O–H groups in total. The van der Waals surface area contributed by atoms with Crippen LogP contribution in [0.25, 0.3) is 10.9 Å². The third-order valence-corrected chi connectivity index (χ3v) is 5.56. The second-order valence-corrected chi connectivity index (χ2v) is 6.90. The van der Waals surface area contributed by atoms with Gasteiger partial charge in [-0.2, -0.15) is 8.78 Å². The van der Waals surface area contributed by atoms with Crippen LogP contribution in [0.2, 0.25) is 5.02 Å². The van der Waals surface area contributed by atoms with Gasteiger partial charge < -0.3 is 14.6 Å². The lowest BCUT2D eigenvalue weighted by molar-refractivity contribution is -0.158. The smallest absolute Gasteiger partial charge is 0.345 e. The second-order valence-electron chi connectivity index (χ2n) is 5.68. The lowest BCUT2D eigenvalue weighted by Crippen LogP contribution is -2.26. The summed E-state index contributed by atoms with van der Waals surface area (Å²) in [6, 6.07) is 4.06. The van der Waals surface area contributed by atoms with Crippen molar-refractivity contribution in [1.29, 1.82) is 0 Å². The third-order valence-electron chi connectivity index (χ3n) is 4.27. The fourth-order valence-corrected chi connectivity index (χ4v) is 4.12. The van der Waals surface area contributed by atoms with Gasteiger partial charge in [-0.1, -0.05) is 11.6 Å². The molecule has 0 amide bonds. The summed E-state index contributed by atoms with van der Waals surface area (Å²) in [5.74, 6) is 0. The number of H-pyrrole nitrogens is 1. The maximum absolute atomic E-state index is 12.3. The Morgan fingerprint density at radius 1 is 1.48 bits per heavy atom. The first-order chi connectivity index (χ1) is 11.1. The van der Waals surface area contributed by atoms with Crippen molar-refractivity contribution in [2.24, 2.45) is 0 Å². The monoisotopic (exact) mass is 360 g/mol. The number of hydrogen-bond acceptors (Lipinski definition) is 3. The summed E-state index contributed by atoms with van der Waals surface area (Å²) in [5, 5.41) is 1.85. The normalized spacial score (nSPS) is 19.3. The zero-order valence-corrected chi connectivity index (χ0v) is 14.4. The summed E-state index contributed by atoms with van der Waals surface area (Å²) < 4.78 is 29.1. The van der Waals surface area contributed by atoms with E-state index in [1.807, 2.05) is 24.6 Å². The molecule has 0 unspecified atom stereocenters. The van der Waals surface area contributed by atoms with E-state index in [9.17, 15) is 8.78 Å². The number of benzene rings is 1. The van der Waals surface area contributed by atoms with E-state index in [0.29, 0.717) is 13.0 Å². The van der Waals surface area contributed by atoms with E-state index in [1.165, 1.54) is 5.56 Å². The molecule has 1 aliphatic rings. The van der Waals surface area contributed by atoms with Crippen LogP contribution in [0.15, 0.2) is 23.2 Å². The minimum Gasteiger partial charge on any atom is -0.361 e. The first-order valence-electron chi connectivity index (χ1n) is 7.57. The van der Waals surface area contributed by atoms with Crippen molar-refractivity contribution >= 4 is 34.3 Å². The number of aromatic amines is 1. The molecular weight excluding hydrogens is 342 g/mol. The first kappa shape index (κ1) is 17.0. The van der Waals surface area contributed by atoms with Crippen LogP contribution in [0.5, 0.6) is 0 Å². The van der Waals surface area contributed by atoms with Crippen LogP contribution >= 0.6 is 23.4 Å². The van der Waals surface area contributed by atoms with Crippen molar-refractivity contribution < 1.29 is 13.5 Å². The van der Waals surface area contributed by atoms with Crippen molar-refractivity contribution in [3.05, 3.63) is 28.9 Å². The van der Waals surface area contributed by atoms with Crippen molar-refractivity contribution in [2.75, 3.05) is 25.9 Å². The number of likely N-dealkylation sites (tertiary alicyclic amines) is 1. The quantitative estimate of drug-likeness (QED) is 0.774. The molecule has 23 heavy (non-hydrogen) atoms. The molecule has 1 aromatic heterocycles. The predicted octanol–water partition coefficient (Wildman–Crippen LogP) is 4.40. The lowest BCUT2D eigenvalue weighted by atomic mass is 10.1. The highest BCUT2D eigenvalue weighted by Crippen LogP contribution is 2.34. The number of thioether (sulfide) groups is 1. The highest BCUT2D eigenvalue weighted by Gasteiger charge is 2.25. The Labute approximate surface area is 143 Å². The summed E-state index contributed by atoms with van der Waals surface area (Å²) in [4.78, 5) is 6.48. The Morgan fingerprint density at radius 3 is 3.04 bits per heavy atom. The van der Waals surface area contributed by atoms with Gasteiger partial charge in [0.2, 0.25) is 0 Å². The summed E-state index contributed by atoms with van der Waals surface area (Å²) in [7, 11) is 0. The van der Waals surface area contributed by atoms with Gasteiger partial charge in [0, 0.05) is 41.6 Å². The number of rotatable bonds is 6. The highest BCUT2D eigenvalue weighted by atomic mass is 35.5. The van der Waals surface area contributed by atoms with Crippen LogP contribution in [-0.2, 0) is 11.2 Å². The van der Waals surface area contributed by atoms with Crippen molar-refractivity contribution in [2.45, 2.75) is 30.5 Å². The second kappa shape index (κ2) is 7.38. The van der Waals surface area contributed by atoms with Crippen LogP contribution in [0.4, 0.5) is 8.78 Å². The summed E-state index contributed by atoms with van der Waals surface area (Å²) in [6.07, 6.45) is 5.13. The Bertz CT molecular complexity index is 679. The highest BCUT2D eigenvalue weighted by molar-refractivity contribution is 7.98. The fourth-order valence-electron chi connectivity index (χ4n) is 3.12. The Hall–Kier alpha value is -0.820. The van der Waals surface area contributed by atoms with Gasteiger partial charge >= 0.3 is 6.61 Å². The molecule has 3 rings (SSSR count). The number of aromatic nitrogens is 1. The van der Waals surface area contributed by atoms with Gasteiger partial charge in [-0.05, 0) is 36.8 Å². The largest absolute Gasteiger partial charge is 0.361 e. The van der Waals surface area contributed by atoms with E-state index in [1.54, 1.807) is 11.8 Å². The Morgan fingerprint density at radius 2 is 2.30 bits per heavy atom. The molecule has 0 saturated carbocycles. The molecule has 1 saturated heterocycles. The number of nitrogens with zero attached hydrogens (tertiary/aromatic N) is 1. The SMILES string of the molecule is CSc1ccc2[nH]cc(CCN3CC[C@H](OC(F)F)C3)c2c1Cl. The van der Waals surface area contributed by atoms with E-state index < -0.39 is 6.61 Å². The van der Waals surface area contributed by atoms with Crippen LogP contribution < -0.4 is 0 Å². The number of fused-ring (bicyclic) bond motifs is 1. The van der Waals surface area contributed by atoms with Crippen LogP contribution in [0, 0.1) is 0 Å². The average Bonchev–Trinajstić information content (AvgIpc) is 3.12. The molecule has 0 aliphatic carbocycles. The molecule has 1 aliphatic heterocycles. The van der Waals surface area contributed by atoms with Crippen LogP contribution in [0.1, 0.15) is 12.0 Å². The van der Waals surface area contributed by atoms with Gasteiger partial charge in [0.1, 0.15) is 0 Å². The molecule has 126 valence electrons. The summed E-state index contributed by atoms with van der Waals surface area (Å²) in [6.45, 7) is -0.507. The molecule has 3 nitrogen and oxygen atoms in total. The van der Waals surface area contributed by atoms with Crippen molar-refractivity contribution in [3.8, 4) is 0 Å². The van der Waals surface area contributed by atoms with Crippen molar-refractivity contribution in [3.63, 3.8) is 0 Å². The molecule has 1 fully saturated rings. The number of halogens is 3. The Kier molecular flexibility index (Phi) is 5.46. The molecule has 1 atom stereocenters. The molecular formula is C16H19ClF2N2OS. The fraction of sp³-hybridized carbons (Fsp3) is 0.500. The summed E-state index contributed by atoms with van der Waals surface area (Å²) >= 11 is 8.13. The zero-order chi connectivity index (χ0) is 16.4. The van der Waals surface area contributed by atoms with E-state index in [2.05, 4.69) is 14.6 Å². The van der Waals surface area contributed by atoms with Gasteiger partial charge in [-0.3, -0.25) is 0 Å². The Balaban J connectivity index is 1.66. The molecule has 0 bridgehead atoms. The van der Waals surface area contributed by atoms with E-state index in [-0.39, 0.29) is 6.10 Å².